The molecular weight excluding hydrogens is 336 g/mol. The number of hydrogen-bond donors (Lipinski definition) is 0. The van der Waals surface area contributed by atoms with Gasteiger partial charge in [-0.3, -0.25) is 9.88 Å². The van der Waals surface area contributed by atoms with Crippen LogP contribution in [-0.4, -0.2) is 37.2 Å². The lowest BCUT2D eigenvalue weighted by Gasteiger charge is -2.32. The Balaban J connectivity index is 1.49. The Bertz CT molecular complexity index is 925. The molecule has 1 fully saturated rings. The Morgan fingerprint density at radius 3 is 2.63 bits per heavy atom. The molecule has 0 spiro atoms. The lowest BCUT2D eigenvalue weighted by atomic mass is 9.93. The number of aromatic nitrogens is 1. The molecule has 4 nitrogen and oxygen atoms in total. The number of pyridine rings is 1. The number of rotatable bonds is 5. The first-order valence-electron chi connectivity index (χ1n) is 9.55. The van der Waals surface area contributed by atoms with E-state index in [2.05, 4.69) is 47.4 Å². The number of piperidine rings is 1. The molecule has 1 atom stereocenters. The highest BCUT2D eigenvalue weighted by Gasteiger charge is 2.23. The fourth-order valence-corrected chi connectivity index (χ4v) is 4.00. The standard InChI is InChI=1S/C23H26N2O2/c1-26-22-10-9-17(12-23(22)27-2)15-25-11-5-8-20(16-25)21-13-18-6-3-4-7-19(18)14-24-21/h3-4,6-7,9-10,12-14,20H,5,8,11,15-16H2,1-2H3. The van der Waals surface area contributed by atoms with Crippen molar-refractivity contribution in [1.29, 1.82) is 0 Å². The molecule has 0 radical (unpaired) electrons. The number of hydrogen-bond acceptors (Lipinski definition) is 4. The van der Waals surface area contributed by atoms with Gasteiger partial charge in [-0.05, 0) is 48.5 Å². The van der Waals surface area contributed by atoms with Crippen LogP contribution in [0.25, 0.3) is 10.8 Å². The van der Waals surface area contributed by atoms with Gasteiger partial charge in [0, 0.05) is 36.3 Å². The summed E-state index contributed by atoms with van der Waals surface area (Å²) in [6, 6.07) is 16.9. The summed E-state index contributed by atoms with van der Waals surface area (Å²) < 4.78 is 10.8. The van der Waals surface area contributed by atoms with E-state index in [0.717, 1.165) is 31.1 Å². The average molecular weight is 362 g/mol. The van der Waals surface area contributed by atoms with Gasteiger partial charge in [0.1, 0.15) is 0 Å². The first-order valence-corrected chi connectivity index (χ1v) is 9.55. The maximum Gasteiger partial charge on any atom is 0.161 e. The lowest BCUT2D eigenvalue weighted by Crippen LogP contribution is -2.34. The van der Waals surface area contributed by atoms with Gasteiger partial charge in [-0.25, -0.2) is 0 Å². The molecule has 0 bridgehead atoms. The normalized spacial score (nSPS) is 17.8. The first-order chi connectivity index (χ1) is 13.3. The summed E-state index contributed by atoms with van der Waals surface area (Å²) in [4.78, 5) is 7.28. The molecule has 1 aliphatic rings. The fourth-order valence-electron chi connectivity index (χ4n) is 4.00. The molecule has 1 saturated heterocycles. The summed E-state index contributed by atoms with van der Waals surface area (Å²) in [5.41, 5.74) is 2.46. The molecule has 1 aromatic heterocycles. The van der Waals surface area contributed by atoms with Crippen molar-refractivity contribution in [2.45, 2.75) is 25.3 Å². The molecule has 1 aliphatic heterocycles. The van der Waals surface area contributed by atoms with E-state index in [0.29, 0.717) is 5.92 Å². The molecule has 140 valence electrons. The second kappa shape index (κ2) is 7.97. The van der Waals surface area contributed by atoms with Gasteiger partial charge in [0.25, 0.3) is 0 Å². The highest BCUT2D eigenvalue weighted by Crippen LogP contribution is 2.31. The summed E-state index contributed by atoms with van der Waals surface area (Å²) in [6.07, 6.45) is 4.41. The van der Waals surface area contributed by atoms with Crippen molar-refractivity contribution in [2.24, 2.45) is 0 Å². The van der Waals surface area contributed by atoms with Crippen LogP contribution < -0.4 is 9.47 Å². The van der Waals surface area contributed by atoms with Gasteiger partial charge in [-0.15, -0.1) is 0 Å². The molecule has 0 aliphatic carbocycles. The Morgan fingerprint density at radius 2 is 1.81 bits per heavy atom. The summed E-state index contributed by atoms with van der Waals surface area (Å²) in [5, 5.41) is 2.48. The minimum absolute atomic E-state index is 0.489. The molecule has 2 heterocycles. The Kier molecular flexibility index (Phi) is 5.26. The van der Waals surface area contributed by atoms with Crippen LogP contribution in [0, 0.1) is 0 Å². The van der Waals surface area contributed by atoms with E-state index in [1.165, 1.54) is 34.9 Å². The predicted molar refractivity (Wildman–Crippen MR) is 109 cm³/mol. The van der Waals surface area contributed by atoms with Gasteiger partial charge in [0.15, 0.2) is 11.5 Å². The third-order valence-electron chi connectivity index (χ3n) is 5.43. The molecule has 0 amide bonds. The van der Waals surface area contributed by atoms with E-state index in [4.69, 9.17) is 14.5 Å². The topological polar surface area (TPSA) is 34.6 Å². The third kappa shape index (κ3) is 3.91. The Morgan fingerprint density at radius 1 is 1.00 bits per heavy atom. The lowest BCUT2D eigenvalue weighted by molar-refractivity contribution is 0.198. The Hall–Kier alpha value is -2.59. The maximum absolute atomic E-state index is 5.44. The minimum atomic E-state index is 0.489. The van der Waals surface area contributed by atoms with Crippen molar-refractivity contribution < 1.29 is 9.47 Å². The van der Waals surface area contributed by atoms with E-state index < -0.39 is 0 Å². The molecule has 4 rings (SSSR count). The summed E-state index contributed by atoms with van der Waals surface area (Å²) in [7, 11) is 3.35. The first kappa shape index (κ1) is 17.8. The van der Waals surface area contributed by atoms with E-state index in [1.807, 2.05) is 12.3 Å². The summed E-state index contributed by atoms with van der Waals surface area (Å²) >= 11 is 0. The minimum Gasteiger partial charge on any atom is -0.493 e. The van der Waals surface area contributed by atoms with Crippen LogP contribution in [0.4, 0.5) is 0 Å². The smallest absolute Gasteiger partial charge is 0.161 e. The number of ether oxygens (including phenoxy) is 2. The molecule has 27 heavy (non-hydrogen) atoms. The number of likely N-dealkylation sites (tertiary alicyclic amines) is 1. The molecule has 1 unspecified atom stereocenters. The van der Waals surface area contributed by atoms with E-state index in [9.17, 15) is 0 Å². The average Bonchev–Trinajstić information content (AvgIpc) is 2.73. The maximum atomic E-state index is 5.44. The van der Waals surface area contributed by atoms with Crippen molar-refractivity contribution in [1.82, 2.24) is 9.88 Å². The molecule has 0 N–H and O–H groups in total. The SMILES string of the molecule is COc1ccc(CN2CCCC(c3cc4ccccc4cn3)C2)cc1OC. The monoisotopic (exact) mass is 362 g/mol. The van der Waals surface area contributed by atoms with Crippen LogP contribution in [0.3, 0.4) is 0 Å². The van der Waals surface area contributed by atoms with Gasteiger partial charge in [-0.2, -0.15) is 0 Å². The van der Waals surface area contributed by atoms with Crippen LogP contribution in [0.1, 0.15) is 30.0 Å². The molecule has 0 saturated carbocycles. The van der Waals surface area contributed by atoms with Crippen molar-refractivity contribution in [3.05, 3.63) is 66.0 Å². The quantitative estimate of drug-likeness (QED) is 0.663. The van der Waals surface area contributed by atoms with Gasteiger partial charge in [0.2, 0.25) is 0 Å². The van der Waals surface area contributed by atoms with Crippen molar-refractivity contribution in [3.8, 4) is 11.5 Å². The predicted octanol–water partition coefficient (Wildman–Crippen LogP) is 4.63. The fraction of sp³-hybridized carbons (Fsp3) is 0.348. The highest BCUT2D eigenvalue weighted by molar-refractivity contribution is 5.81. The number of fused-ring (bicyclic) bond motifs is 1. The second-order valence-corrected chi connectivity index (χ2v) is 7.22. The van der Waals surface area contributed by atoms with Crippen LogP contribution in [0.5, 0.6) is 11.5 Å². The molecule has 2 aromatic carbocycles. The molecule has 3 aromatic rings. The Labute approximate surface area is 160 Å². The van der Waals surface area contributed by atoms with Crippen molar-refractivity contribution in [2.75, 3.05) is 27.3 Å². The number of nitrogens with zero attached hydrogens (tertiary/aromatic N) is 2. The zero-order chi connectivity index (χ0) is 18.6. The second-order valence-electron chi connectivity index (χ2n) is 7.22. The molecular formula is C23H26N2O2. The van der Waals surface area contributed by atoms with Crippen LogP contribution in [0.15, 0.2) is 54.7 Å². The van der Waals surface area contributed by atoms with Gasteiger partial charge in [0.05, 0.1) is 14.2 Å². The van der Waals surface area contributed by atoms with Crippen molar-refractivity contribution >= 4 is 10.8 Å². The van der Waals surface area contributed by atoms with E-state index >= 15 is 0 Å². The van der Waals surface area contributed by atoms with E-state index in [-0.39, 0.29) is 0 Å². The van der Waals surface area contributed by atoms with Gasteiger partial charge >= 0.3 is 0 Å². The summed E-state index contributed by atoms with van der Waals surface area (Å²) in [6.45, 7) is 3.09. The number of benzene rings is 2. The zero-order valence-electron chi connectivity index (χ0n) is 16.0. The van der Waals surface area contributed by atoms with Crippen LogP contribution in [0.2, 0.25) is 0 Å². The number of methoxy groups -OCH3 is 2. The van der Waals surface area contributed by atoms with E-state index in [1.54, 1.807) is 14.2 Å². The largest absolute Gasteiger partial charge is 0.493 e. The molecule has 4 heteroatoms. The third-order valence-corrected chi connectivity index (χ3v) is 5.43. The summed E-state index contributed by atoms with van der Waals surface area (Å²) in [5.74, 6) is 2.06. The zero-order valence-corrected chi connectivity index (χ0v) is 16.0. The van der Waals surface area contributed by atoms with Gasteiger partial charge in [-0.1, -0.05) is 30.3 Å². The highest BCUT2D eigenvalue weighted by atomic mass is 16.5. The van der Waals surface area contributed by atoms with Crippen LogP contribution >= 0.6 is 0 Å². The van der Waals surface area contributed by atoms with Crippen molar-refractivity contribution in [3.63, 3.8) is 0 Å². The van der Waals surface area contributed by atoms with Gasteiger partial charge < -0.3 is 9.47 Å². The van der Waals surface area contributed by atoms with Crippen LogP contribution in [-0.2, 0) is 6.54 Å².